The number of Topliss-reactive ketones (excluding diaryl/α,β-unsaturated/α-hetero) is 1. The first-order valence-corrected chi connectivity index (χ1v) is 9.88. The number of ether oxygens (including phenoxy) is 1. The van der Waals surface area contributed by atoms with Crippen LogP contribution in [0.3, 0.4) is 0 Å². The number of halogens is 2. The Kier molecular flexibility index (Phi) is 4.87. The number of aliphatic hydroxyl groups excluding tert-OH is 1. The molecular weight excluding hydrogens is 397 g/mol. The molecule has 2 aromatic rings. The van der Waals surface area contributed by atoms with Gasteiger partial charge in [0.1, 0.15) is 23.3 Å². The van der Waals surface area contributed by atoms with E-state index in [1.165, 1.54) is 12.1 Å². The van der Waals surface area contributed by atoms with E-state index in [1.54, 1.807) is 19.9 Å². The van der Waals surface area contributed by atoms with Crippen LogP contribution in [0.2, 0.25) is 5.02 Å². The highest BCUT2D eigenvalue weighted by Gasteiger charge is 2.44. The maximum atomic E-state index is 13.4. The molecule has 0 saturated heterocycles. The SMILES string of the molecule is CC1(C)Oc2cc3c(cc2[C@@H](NC(=O)c2ccc(F)c(Cl)c2)[C@@H]1O)C(=O)CCC3. The topological polar surface area (TPSA) is 75.6 Å². The molecule has 2 aromatic carbocycles. The van der Waals surface area contributed by atoms with Crippen molar-refractivity contribution >= 4 is 23.3 Å². The molecule has 29 heavy (non-hydrogen) atoms. The smallest absolute Gasteiger partial charge is 0.251 e. The highest BCUT2D eigenvalue weighted by molar-refractivity contribution is 6.31. The van der Waals surface area contributed by atoms with Gasteiger partial charge in [-0.15, -0.1) is 0 Å². The molecule has 0 bridgehead atoms. The molecule has 152 valence electrons. The van der Waals surface area contributed by atoms with E-state index in [1.807, 2.05) is 6.07 Å². The lowest BCUT2D eigenvalue weighted by Gasteiger charge is -2.42. The van der Waals surface area contributed by atoms with Crippen LogP contribution in [0.5, 0.6) is 5.75 Å². The van der Waals surface area contributed by atoms with Crippen LogP contribution < -0.4 is 10.1 Å². The molecule has 0 radical (unpaired) electrons. The van der Waals surface area contributed by atoms with E-state index in [-0.39, 0.29) is 16.4 Å². The fourth-order valence-corrected chi connectivity index (χ4v) is 4.12. The number of benzene rings is 2. The Morgan fingerprint density at radius 1 is 1.28 bits per heavy atom. The van der Waals surface area contributed by atoms with E-state index in [2.05, 4.69) is 5.32 Å². The van der Waals surface area contributed by atoms with Gasteiger partial charge < -0.3 is 15.2 Å². The molecule has 0 aromatic heterocycles. The first kappa shape index (κ1) is 19.9. The number of amides is 1. The Morgan fingerprint density at radius 2 is 2.03 bits per heavy atom. The van der Waals surface area contributed by atoms with Crippen molar-refractivity contribution in [2.24, 2.45) is 0 Å². The molecule has 0 saturated carbocycles. The average molecular weight is 418 g/mol. The van der Waals surface area contributed by atoms with Gasteiger partial charge in [-0.1, -0.05) is 11.6 Å². The zero-order chi connectivity index (χ0) is 20.9. The van der Waals surface area contributed by atoms with Crippen LogP contribution in [0, 0.1) is 5.82 Å². The number of aliphatic hydroxyl groups is 1. The van der Waals surface area contributed by atoms with Gasteiger partial charge in [0.2, 0.25) is 0 Å². The van der Waals surface area contributed by atoms with E-state index in [0.717, 1.165) is 24.5 Å². The van der Waals surface area contributed by atoms with Crippen molar-refractivity contribution < 1.29 is 23.8 Å². The van der Waals surface area contributed by atoms with Crippen molar-refractivity contribution in [1.82, 2.24) is 5.32 Å². The molecule has 2 atom stereocenters. The Balaban J connectivity index is 1.74. The predicted octanol–water partition coefficient (Wildman–Crippen LogP) is 4.00. The number of carbonyl (C=O) groups is 2. The number of nitrogens with one attached hydrogen (secondary N) is 1. The van der Waals surface area contributed by atoms with E-state index in [4.69, 9.17) is 16.3 Å². The van der Waals surface area contributed by atoms with E-state index in [0.29, 0.717) is 23.3 Å². The van der Waals surface area contributed by atoms with Crippen LogP contribution in [0.4, 0.5) is 4.39 Å². The summed E-state index contributed by atoms with van der Waals surface area (Å²) in [5, 5.41) is 13.5. The summed E-state index contributed by atoms with van der Waals surface area (Å²) in [5.74, 6) is -0.547. The molecule has 4 rings (SSSR count). The summed E-state index contributed by atoms with van der Waals surface area (Å²) in [7, 11) is 0. The Hall–Kier alpha value is -2.44. The fraction of sp³-hybridized carbons (Fsp3) is 0.364. The van der Waals surface area contributed by atoms with Crippen LogP contribution in [-0.2, 0) is 6.42 Å². The second-order valence-electron chi connectivity index (χ2n) is 8.05. The van der Waals surface area contributed by atoms with Gasteiger partial charge in [-0.05, 0) is 62.6 Å². The molecule has 1 heterocycles. The summed E-state index contributed by atoms with van der Waals surface area (Å²) in [6.07, 6.45) is 0.992. The van der Waals surface area contributed by atoms with Crippen LogP contribution in [0.15, 0.2) is 30.3 Å². The maximum Gasteiger partial charge on any atom is 0.251 e. The molecule has 0 fully saturated rings. The summed E-state index contributed by atoms with van der Waals surface area (Å²) < 4.78 is 19.4. The maximum absolute atomic E-state index is 13.4. The zero-order valence-electron chi connectivity index (χ0n) is 16.1. The third kappa shape index (κ3) is 3.51. The van der Waals surface area contributed by atoms with Crippen LogP contribution in [0.1, 0.15) is 64.6 Å². The summed E-state index contributed by atoms with van der Waals surface area (Å²) in [6, 6.07) is 6.43. The molecular formula is C22H21ClFNO4. The Bertz CT molecular complexity index is 1020. The van der Waals surface area contributed by atoms with E-state index < -0.39 is 29.5 Å². The number of ketones is 1. The van der Waals surface area contributed by atoms with Gasteiger partial charge in [-0.3, -0.25) is 9.59 Å². The lowest BCUT2D eigenvalue weighted by Crippen LogP contribution is -2.53. The largest absolute Gasteiger partial charge is 0.485 e. The zero-order valence-corrected chi connectivity index (χ0v) is 16.8. The van der Waals surface area contributed by atoms with Crippen molar-refractivity contribution in [3.63, 3.8) is 0 Å². The van der Waals surface area contributed by atoms with Gasteiger partial charge in [-0.25, -0.2) is 4.39 Å². The standard InChI is InChI=1S/C22H21ClFNO4/c1-22(2)20(27)19(25-21(28)12-6-7-16(24)15(23)8-12)14-10-13-11(9-18(14)29-22)4-3-5-17(13)26/h6-10,19-20,27H,3-5H2,1-2H3,(H,25,28)/t19-,20+/m1/s1. The number of rotatable bonds is 2. The molecule has 0 spiro atoms. The van der Waals surface area contributed by atoms with Gasteiger partial charge in [0.25, 0.3) is 5.91 Å². The quantitative estimate of drug-likeness (QED) is 0.774. The second kappa shape index (κ2) is 7.11. The van der Waals surface area contributed by atoms with Crippen LogP contribution in [0.25, 0.3) is 0 Å². The number of aryl methyl sites for hydroxylation is 1. The monoisotopic (exact) mass is 417 g/mol. The first-order valence-electron chi connectivity index (χ1n) is 9.50. The molecule has 2 aliphatic rings. The van der Waals surface area contributed by atoms with Crippen molar-refractivity contribution in [3.05, 3.63) is 63.4 Å². The van der Waals surface area contributed by atoms with Crippen molar-refractivity contribution in [2.75, 3.05) is 0 Å². The molecule has 5 nitrogen and oxygen atoms in total. The molecule has 7 heteroatoms. The molecule has 0 unspecified atom stereocenters. The summed E-state index contributed by atoms with van der Waals surface area (Å²) in [4.78, 5) is 25.1. The lowest BCUT2D eigenvalue weighted by atomic mass is 9.82. The summed E-state index contributed by atoms with van der Waals surface area (Å²) in [6.45, 7) is 3.47. The minimum absolute atomic E-state index is 0.0452. The van der Waals surface area contributed by atoms with Gasteiger partial charge >= 0.3 is 0 Å². The molecule has 1 aliphatic carbocycles. The summed E-state index contributed by atoms with van der Waals surface area (Å²) >= 11 is 5.79. The Labute approximate surface area is 172 Å². The first-order chi connectivity index (χ1) is 13.7. The number of hydrogen-bond donors (Lipinski definition) is 2. The second-order valence-corrected chi connectivity index (χ2v) is 8.46. The van der Waals surface area contributed by atoms with Gasteiger partial charge in [0, 0.05) is 23.1 Å². The number of fused-ring (bicyclic) bond motifs is 2. The number of carbonyl (C=O) groups excluding carboxylic acids is 2. The minimum atomic E-state index is -1.06. The highest BCUT2D eigenvalue weighted by atomic mass is 35.5. The third-order valence-electron chi connectivity index (χ3n) is 5.59. The number of hydrogen-bond acceptors (Lipinski definition) is 4. The Morgan fingerprint density at radius 3 is 2.76 bits per heavy atom. The van der Waals surface area contributed by atoms with Crippen LogP contribution in [-0.4, -0.2) is 28.5 Å². The molecule has 2 N–H and O–H groups in total. The average Bonchev–Trinajstić information content (AvgIpc) is 2.66. The molecule has 1 aliphatic heterocycles. The van der Waals surface area contributed by atoms with E-state index in [9.17, 15) is 19.1 Å². The third-order valence-corrected chi connectivity index (χ3v) is 5.88. The highest BCUT2D eigenvalue weighted by Crippen LogP contribution is 2.42. The van der Waals surface area contributed by atoms with Crippen molar-refractivity contribution in [3.8, 4) is 5.75 Å². The molecule has 1 amide bonds. The van der Waals surface area contributed by atoms with Gasteiger partial charge in [0.15, 0.2) is 5.78 Å². The normalized spacial score (nSPS) is 22.3. The summed E-state index contributed by atoms with van der Waals surface area (Å²) in [5.41, 5.74) is 1.28. The fourth-order valence-electron chi connectivity index (χ4n) is 3.94. The van der Waals surface area contributed by atoms with Gasteiger partial charge in [-0.2, -0.15) is 0 Å². The lowest BCUT2D eigenvalue weighted by molar-refractivity contribution is -0.0628. The predicted molar refractivity (Wildman–Crippen MR) is 106 cm³/mol. The van der Waals surface area contributed by atoms with Crippen LogP contribution >= 0.6 is 11.6 Å². The van der Waals surface area contributed by atoms with E-state index >= 15 is 0 Å². The minimum Gasteiger partial charge on any atom is -0.485 e. The van der Waals surface area contributed by atoms with Gasteiger partial charge in [0.05, 0.1) is 11.1 Å². The van der Waals surface area contributed by atoms with Crippen molar-refractivity contribution in [1.29, 1.82) is 0 Å². The van der Waals surface area contributed by atoms with Crippen molar-refractivity contribution in [2.45, 2.75) is 50.9 Å².